The number of hydrogen-bond donors (Lipinski definition) is 2. The molecule has 0 aliphatic rings. The van der Waals surface area contributed by atoms with Crippen LogP contribution in [0.15, 0.2) is 17.5 Å². The molecule has 2 N–H and O–H groups in total. The van der Waals surface area contributed by atoms with Gasteiger partial charge in [-0.2, -0.15) is 0 Å². The van der Waals surface area contributed by atoms with Crippen molar-refractivity contribution in [3.8, 4) is 0 Å². The minimum atomic E-state index is -3.43. The topological polar surface area (TPSA) is 66.4 Å². The summed E-state index contributed by atoms with van der Waals surface area (Å²) in [6, 6.07) is 3.51. The Hall–Kier alpha value is -0.430. The van der Waals surface area contributed by atoms with Crippen molar-refractivity contribution in [2.75, 3.05) is 6.61 Å². The van der Waals surface area contributed by atoms with Gasteiger partial charge in [-0.05, 0) is 25.3 Å². The summed E-state index contributed by atoms with van der Waals surface area (Å²) >= 11 is 1.50. The van der Waals surface area contributed by atoms with Crippen LogP contribution < -0.4 is 4.72 Å². The molecule has 4 nitrogen and oxygen atoms in total. The Bertz CT molecular complexity index is 385. The summed E-state index contributed by atoms with van der Waals surface area (Å²) in [5.74, 6) is 0. The minimum Gasteiger partial charge on any atom is -0.395 e. The van der Waals surface area contributed by atoms with E-state index in [1.165, 1.54) is 18.3 Å². The lowest BCUT2D eigenvalue weighted by Crippen LogP contribution is -2.35. The highest BCUT2D eigenvalue weighted by Gasteiger charge is 2.22. The third-order valence-corrected chi connectivity index (χ3v) is 5.04. The molecule has 2 atom stereocenters. The van der Waals surface area contributed by atoms with Gasteiger partial charge < -0.3 is 5.11 Å². The summed E-state index contributed by atoms with van der Waals surface area (Å²) < 4.78 is 25.7. The third kappa shape index (κ3) is 3.27. The molecule has 0 fully saturated rings. The first-order valence-electron chi connectivity index (χ1n) is 4.62. The van der Waals surface area contributed by atoms with Crippen molar-refractivity contribution in [3.05, 3.63) is 22.4 Å². The van der Waals surface area contributed by atoms with E-state index in [2.05, 4.69) is 4.72 Å². The fourth-order valence-electron chi connectivity index (χ4n) is 1.06. The summed E-state index contributed by atoms with van der Waals surface area (Å²) in [6.07, 6.45) is 0. The van der Waals surface area contributed by atoms with Crippen LogP contribution in [0.2, 0.25) is 0 Å². The zero-order valence-electron chi connectivity index (χ0n) is 8.67. The Labute approximate surface area is 94.0 Å². The van der Waals surface area contributed by atoms with Crippen molar-refractivity contribution >= 4 is 21.4 Å². The molecule has 0 amide bonds. The van der Waals surface area contributed by atoms with Crippen LogP contribution in [0.3, 0.4) is 0 Å². The highest BCUT2D eigenvalue weighted by Crippen LogP contribution is 2.19. The van der Waals surface area contributed by atoms with E-state index in [4.69, 9.17) is 5.11 Å². The second-order valence-electron chi connectivity index (χ2n) is 3.39. The van der Waals surface area contributed by atoms with Gasteiger partial charge in [0.2, 0.25) is 10.0 Å². The fraction of sp³-hybridized carbons (Fsp3) is 0.556. The third-order valence-electron chi connectivity index (χ3n) is 2.10. The molecule has 0 aromatic carbocycles. The van der Waals surface area contributed by atoms with E-state index in [9.17, 15) is 8.42 Å². The van der Waals surface area contributed by atoms with Crippen molar-refractivity contribution in [2.45, 2.75) is 25.1 Å². The summed E-state index contributed by atoms with van der Waals surface area (Å²) in [5, 5.41) is 9.92. The van der Waals surface area contributed by atoms with Crippen LogP contribution in [-0.4, -0.2) is 25.4 Å². The summed E-state index contributed by atoms with van der Waals surface area (Å²) in [5.41, 5.74) is 0. The molecule has 1 aromatic heterocycles. The monoisotopic (exact) mass is 249 g/mol. The lowest BCUT2D eigenvalue weighted by Gasteiger charge is -2.16. The Morgan fingerprint density at radius 1 is 1.53 bits per heavy atom. The molecule has 0 aliphatic carbocycles. The van der Waals surface area contributed by atoms with Crippen LogP contribution in [0.25, 0.3) is 0 Å². The molecule has 86 valence electrons. The van der Waals surface area contributed by atoms with E-state index in [0.717, 1.165) is 4.88 Å². The van der Waals surface area contributed by atoms with Gasteiger partial charge in [0.25, 0.3) is 0 Å². The standard InChI is InChI=1S/C9H15NO3S2/c1-7(6-11)15(12,13)10-8(2)9-4-3-5-14-9/h3-5,7-8,10-11H,6H2,1-2H3. The molecule has 1 aromatic rings. The predicted octanol–water partition coefficient (Wildman–Crippen LogP) is 1.11. The van der Waals surface area contributed by atoms with E-state index in [1.807, 2.05) is 17.5 Å². The fourth-order valence-corrected chi connectivity index (χ4v) is 2.91. The Balaban J connectivity index is 2.70. The molecule has 0 saturated carbocycles. The number of aliphatic hydroxyl groups excluding tert-OH is 1. The quantitative estimate of drug-likeness (QED) is 0.821. The van der Waals surface area contributed by atoms with Gasteiger partial charge in [-0.25, -0.2) is 13.1 Å². The Kier molecular flexibility index (Phi) is 4.27. The molecular formula is C9H15NO3S2. The van der Waals surface area contributed by atoms with Crippen molar-refractivity contribution in [2.24, 2.45) is 0 Å². The zero-order valence-corrected chi connectivity index (χ0v) is 10.3. The van der Waals surface area contributed by atoms with Crippen molar-refractivity contribution in [1.29, 1.82) is 0 Å². The number of nitrogens with one attached hydrogen (secondary N) is 1. The first-order valence-corrected chi connectivity index (χ1v) is 7.05. The summed E-state index contributed by atoms with van der Waals surface area (Å²) in [7, 11) is -3.43. The molecular weight excluding hydrogens is 234 g/mol. The lowest BCUT2D eigenvalue weighted by molar-refractivity contribution is 0.294. The number of thiophene rings is 1. The number of sulfonamides is 1. The maximum Gasteiger partial charge on any atom is 0.217 e. The molecule has 0 spiro atoms. The van der Waals surface area contributed by atoms with Gasteiger partial charge in [-0.3, -0.25) is 0 Å². The predicted molar refractivity (Wildman–Crippen MR) is 61.3 cm³/mol. The maximum absolute atomic E-state index is 11.6. The second-order valence-corrected chi connectivity index (χ2v) is 6.50. The molecule has 0 radical (unpaired) electrons. The molecule has 15 heavy (non-hydrogen) atoms. The van der Waals surface area contributed by atoms with Crippen LogP contribution in [0, 0.1) is 0 Å². The van der Waals surface area contributed by atoms with Crippen LogP contribution in [-0.2, 0) is 10.0 Å². The number of aliphatic hydroxyl groups is 1. The molecule has 0 bridgehead atoms. The smallest absolute Gasteiger partial charge is 0.217 e. The Morgan fingerprint density at radius 2 is 2.20 bits per heavy atom. The molecule has 6 heteroatoms. The van der Waals surface area contributed by atoms with Crippen LogP contribution in [0.4, 0.5) is 0 Å². The largest absolute Gasteiger partial charge is 0.395 e. The van der Waals surface area contributed by atoms with E-state index in [0.29, 0.717) is 0 Å². The Morgan fingerprint density at radius 3 is 2.67 bits per heavy atom. The molecule has 1 rings (SSSR count). The molecule has 1 heterocycles. The highest BCUT2D eigenvalue weighted by molar-refractivity contribution is 7.90. The van der Waals surface area contributed by atoms with Crippen LogP contribution >= 0.6 is 11.3 Å². The van der Waals surface area contributed by atoms with Gasteiger partial charge in [0.05, 0.1) is 17.9 Å². The average Bonchev–Trinajstić information content (AvgIpc) is 2.68. The lowest BCUT2D eigenvalue weighted by atomic mass is 10.3. The number of hydrogen-bond acceptors (Lipinski definition) is 4. The van der Waals surface area contributed by atoms with Crippen LogP contribution in [0.1, 0.15) is 24.8 Å². The summed E-state index contributed by atoms with van der Waals surface area (Å²) in [4.78, 5) is 0.962. The van der Waals surface area contributed by atoms with Gasteiger partial charge in [-0.1, -0.05) is 6.07 Å². The van der Waals surface area contributed by atoms with Crippen LogP contribution in [0.5, 0.6) is 0 Å². The second kappa shape index (κ2) is 5.07. The van der Waals surface area contributed by atoms with Crippen molar-refractivity contribution < 1.29 is 13.5 Å². The SMILES string of the molecule is CC(NS(=O)(=O)C(C)CO)c1cccs1. The zero-order chi connectivity index (χ0) is 11.5. The van der Waals surface area contributed by atoms with Gasteiger partial charge in [0.15, 0.2) is 0 Å². The van der Waals surface area contributed by atoms with E-state index in [-0.39, 0.29) is 12.6 Å². The number of rotatable bonds is 5. The maximum atomic E-state index is 11.6. The van der Waals surface area contributed by atoms with Gasteiger partial charge in [0.1, 0.15) is 0 Å². The van der Waals surface area contributed by atoms with E-state index >= 15 is 0 Å². The van der Waals surface area contributed by atoms with Gasteiger partial charge in [0, 0.05) is 4.88 Å². The van der Waals surface area contributed by atoms with Crippen molar-refractivity contribution in [1.82, 2.24) is 4.72 Å². The first kappa shape index (κ1) is 12.6. The highest BCUT2D eigenvalue weighted by atomic mass is 32.2. The summed E-state index contributed by atoms with van der Waals surface area (Å²) in [6.45, 7) is 2.89. The molecule has 0 aliphatic heterocycles. The van der Waals surface area contributed by atoms with Gasteiger partial charge in [-0.15, -0.1) is 11.3 Å². The normalized spacial score (nSPS) is 16.2. The van der Waals surface area contributed by atoms with E-state index < -0.39 is 15.3 Å². The molecule has 0 saturated heterocycles. The minimum absolute atomic E-state index is 0.246. The first-order chi connectivity index (χ1) is 6.97. The van der Waals surface area contributed by atoms with Gasteiger partial charge >= 0.3 is 0 Å². The average molecular weight is 249 g/mol. The molecule has 2 unspecified atom stereocenters. The van der Waals surface area contributed by atoms with E-state index in [1.54, 1.807) is 6.92 Å². The van der Waals surface area contributed by atoms with Crippen molar-refractivity contribution in [3.63, 3.8) is 0 Å².